The first-order chi connectivity index (χ1) is 7.29. The second-order valence-electron chi connectivity index (χ2n) is 3.54. The third-order valence-electron chi connectivity index (χ3n) is 2.32. The summed E-state index contributed by atoms with van der Waals surface area (Å²) in [5, 5.41) is 16.4. The number of aromatic nitrogens is 2. The summed E-state index contributed by atoms with van der Waals surface area (Å²) in [6, 6.07) is 0.0212. The maximum atomic E-state index is 9.35. The molecule has 0 amide bonds. The Bertz CT molecular complexity index is 318. The molecule has 2 rings (SSSR count). The smallest absolute Gasteiger partial charge is 0.243 e. The second-order valence-corrected chi connectivity index (χ2v) is 4.81. The Balaban J connectivity index is 1.94. The van der Waals surface area contributed by atoms with Crippen molar-refractivity contribution in [2.45, 2.75) is 31.2 Å². The van der Waals surface area contributed by atoms with Gasteiger partial charge >= 0.3 is 0 Å². The Kier molecular flexibility index (Phi) is 3.61. The third kappa shape index (κ3) is 2.70. The van der Waals surface area contributed by atoms with Crippen LogP contribution in [0.5, 0.6) is 0 Å². The maximum Gasteiger partial charge on any atom is 0.243 e. The predicted octanol–water partition coefficient (Wildman–Crippen LogP) is 0.718. The quantitative estimate of drug-likeness (QED) is 0.792. The number of rotatable bonds is 4. The van der Waals surface area contributed by atoms with Gasteiger partial charge in [0, 0.05) is 6.54 Å². The van der Waals surface area contributed by atoms with Crippen LogP contribution in [0.1, 0.15) is 31.1 Å². The lowest BCUT2D eigenvalue weighted by molar-refractivity contribution is 0.191. The lowest BCUT2D eigenvalue weighted by atomic mass is 10.2. The minimum absolute atomic E-state index is 0.0212. The molecule has 0 spiro atoms. The van der Waals surface area contributed by atoms with E-state index in [1.54, 1.807) is 11.8 Å². The van der Waals surface area contributed by atoms with Gasteiger partial charge in [0.2, 0.25) is 5.89 Å². The molecule has 1 aromatic heterocycles. The lowest BCUT2D eigenvalue weighted by Gasteiger charge is -2.01. The number of hydrogen-bond donors (Lipinski definition) is 2. The molecule has 84 valence electrons. The molecule has 0 radical (unpaired) electrons. The molecule has 2 unspecified atom stereocenters. The van der Waals surface area contributed by atoms with Crippen LogP contribution in [0.25, 0.3) is 0 Å². The fourth-order valence-corrected chi connectivity index (χ4v) is 2.07. The summed E-state index contributed by atoms with van der Waals surface area (Å²) >= 11 is 1.76. The van der Waals surface area contributed by atoms with Gasteiger partial charge in [-0.25, -0.2) is 0 Å². The van der Waals surface area contributed by atoms with Gasteiger partial charge in [0.05, 0.1) is 17.9 Å². The Morgan fingerprint density at radius 1 is 1.67 bits per heavy atom. The topological polar surface area (TPSA) is 71.2 Å². The average Bonchev–Trinajstić information content (AvgIpc) is 2.83. The zero-order valence-corrected chi connectivity index (χ0v) is 9.46. The van der Waals surface area contributed by atoms with Crippen molar-refractivity contribution in [1.82, 2.24) is 15.5 Å². The lowest BCUT2D eigenvalue weighted by Crippen LogP contribution is -2.15. The van der Waals surface area contributed by atoms with Gasteiger partial charge in [0.15, 0.2) is 5.82 Å². The zero-order valence-electron chi connectivity index (χ0n) is 8.64. The summed E-state index contributed by atoms with van der Waals surface area (Å²) in [4.78, 5) is 4.29. The van der Waals surface area contributed by atoms with Crippen LogP contribution in [-0.4, -0.2) is 33.6 Å². The molecule has 15 heavy (non-hydrogen) atoms. The molecule has 0 bridgehead atoms. The van der Waals surface area contributed by atoms with Gasteiger partial charge in [0.1, 0.15) is 0 Å². The van der Waals surface area contributed by atoms with E-state index in [4.69, 9.17) is 4.52 Å². The molecular weight excluding hydrogens is 214 g/mol. The van der Waals surface area contributed by atoms with Gasteiger partial charge in [0.25, 0.3) is 0 Å². The van der Waals surface area contributed by atoms with Gasteiger partial charge < -0.3 is 14.9 Å². The Morgan fingerprint density at radius 3 is 3.20 bits per heavy atom. The van der Waals surface area contributed by atoms with Crippen LogP contribution in [0.2, 0.25) is 0 Å². The van der Waals surface area contributed by atoms with Gasteiger partial charge in [-0.3, -0.25) is 0 Å². The number of hydrogen-bond acceptors (Lipinski definition) is 6. The van der Waals surface area contributed by atoms with Gasteiger partial charge in [-0.05, 0) is 12.2 Å². The summed E-state index contributed by atoms with van der Waals surface area (Å²) < 4.78 is 5.15. The maximum absolute atomic E-state index is 9.35. The van der Waals surface area contributed by atoms with Crippen LogP contribution in [0.3, 0.4) is 0 Å². The average molecular weight is 229 g/mol. The highest BCUT2D eigenvalue weighted by atomic mass is 32.2. The molecule has 0 saturated carbocycles. The first kappa shape index (κ1) is 10.9. The number of thioether (sulfide) groups is 1. The van der Waals surface area contributed by atoms with Crippen molar-refractivity contribution in [3.8, 4) is 0 Å². The minimum atomic E-state index is -0.296. The molecule has 0 aliphatic carbocycles. The van der Waals surface area contributed by atoms with E-state index >= 15 is 0 Å². The SMILES string of the molecule is CCSCc1noc(C2CC(O)CN2)n1. The molecule has 1 aromatic rings. The molecule has 2 N–H and O–H groups in total. The fourth-order valence-electron chi connectivity index (χ4n) is 1.57. The van der Waals surface area contributed by atoms with E-state index in [0.717, 1.165) is 17.3 Å². The van der Waals surface area contributed by atoms with Crippen LogP contribution in [0.15, 0.2) is 4.52 Å². The first-order valence-corrected chi connectivity index (χ1v) is 6.26. The molecule has 5 nitrogen and oxygen atoms in total. The summed E-state index contributed by atoms with van der Waals surface area (Å²) in [5.74, 6) is 3.16. The Morgan fingerprint density at radius 2 is 2.53 bits per heavy atom. The Hall–Kier alpha value is -0.590. The standard InChI is InChI=1S/C9H15N3O2S/c1-2-15-5-8-11-9(14-12-8)7-3-6(13)4-10-7/h6-7,10,13H,2-5H2,1H3. The number of nitrogens with zero attached hydrogens (tertiary/aromatic N) is 2. The monoisotopic (exact) mass is 229 g/mol. The third-order valence-corrected chi connectivity index (χ3v) is 3.20. The number of β-amino-alcohol motifs (C(OH)–C–C–N with tert-alkyl or cyclic N) is 1. The molecular formula is C9H15N3O2S. The van der Waals surface area contributed by atoms with Crippen molar-refractivity contribution in [2.75, 3.05) is 12.3 Å². The summed E-state index contributed by atoms with van der Waals surface area (Å²) in [6.07, 6.45) is 0.359. The summed E-state index contributed by atoms with van der Waals surface area (Å²) in [7, 11) is 0. The van der Waals surface area contributed by atoms with Gasteiger partial charge in [-0.15, -0.1) is 0 Å². The van der Waals surface area contributed by atoms with E-state index in [1.165, 1.54) is 0 Å². The highest BCUT2D eigenvalue weighted by Crippen LogP contribution is 2.22. The molecule has 0 aromatic carbocycles. The van der Waals surface area contributed by atoms with Crippen molar-refractivity contribution in [2.24, 2.45) is 0 Å². The summed E-state index contributed by atoms with van der Waals surface area (Å²) in [6.45, 7) is 2.70. The number of nitrogens with one attached hydrogen (secondary N) is 1. The largest absolute Gasteiger partial charge is 0.392 e. The van der Waals surface area contributed by atoms with Gasteiger partial charge in [-0.2, -0.15) is 16.7 Å². The molecule has 1 aliphatic heterocycles. The van der Waals surface area contributed by atoms with Crippen molar-refractivity contribution < 1.29 is 9.63 Å². The van der Waals surface area contributed by atoms with Crippen LogP contribution in [-0.2, 0) is 5.75 Å². The van der Waals surface area contributed by atoms with Crippen LogP contribution in [0.4, 0.5) is 0 Å². The fraction of sp³-hybridized carbons (Fsp3) is 0.778. The summed E-state index contributed by atoms with van der Waals surface area (Å²) in [5.41, 5.74) is 0. The normalized spacial score (nSPS) is 26.0. The van der Waals surface area contributed by atoms with E-state index in [0.29, 0.717) is 18.9 Å². The second kappa shape index (κ2) is 4.96. The van der Waals surface area contributed by atoms with Crippen molar-refractivity contribution in [3.63, 3.8) is 0 Å². The van der Waals surface area contributed by atoms with Crippen LogP contribution >= 0.6 is 11.8 Å². The number of aliphatic hydroxyl groups is 1. The van der Waals surface area contributed by atoms with E-state index in [9.17, 15) is 5.11 Å². The zero-order chi connectivity index (χ0) is 10.7. The molecule has 1 fully saturated rings. The molecule has 2 heterocycles. The highest BCUT2D eigenvalue weighted by Gasteiger charge is 2.27. The highest BCUT2D eigenvalue weighted by molar-refractivity contribution is 7.98. The number of aliphatic hydroxyl groups excluding tert-OH is 1. The molecule has 6 heteroatoms. The van der Waals surface area contributed by atoms with Crippen LogP contribution < -0.4 is 5.32 Å². The van der Waals surface area contributed by atoms with Crippen molar-refractivity contribution >= 4 is 11.8 Å². The molecule has 1 aliphatic rings. The Labute approximate surface area is 92.6 Å². The van der Waals surface area contributed by atoms with E-state index in [-0.39, 0.29) is 12.1 Å². The molecule has 2 atom stereocenters. The van der Waals surface area contributed by atoms with Crippen molar-refractivity contribution in [3.05, 3.63) is 11.7 Å². The van der Waals surface area contributed by atoms with E-state index < -0.39 is 0 Å². The predicted molar refractivity (Wildman–Crippen MR) is 57.5 cm³/mol. The van der Waals surface area contributed by atoms with Gasteiger partial charge in [-0.1, -0.05) is 12.1 Å². The van der Waals surface area contributed by atoms with Crippen molar-refractivity contribution in [1.29, 1.82) is 0 Å². The van der Waals surface area contributed by atoms with E-state index in [2.05, 4.69) is 22.4 Å². The first-order valence-electron chi connectivity index (χ1n) is 5.11. The van der Waals surface area contributed by atoms with E-state index in [1.807, 2.05) is 0 Å². The molecule has 1 saturated heterocycles. The minimum Gasteiger partial charge on any atom is -0.392 e. The van der Waals surface area contributed by atoms with Crippen LogP contribution in [0, 0.1) is 0 Å².